The van der Waals surface area contributed by atoms with Crippen molar-refractivity contribution in [3.05, 3.63) is 48.0 Å². The number of fused-ring (bicyclic) bond motifs is 1. The monoisotopic (exact) mass is 283 g/mol. The van der Waals surface area contributed by atoms with E-state index in [9.17, 15) is 4.79 Å². The minimum atomic E-state index is -0.149. The maximum absolute atomic E-state index is 12.4. The van der Waals surface area contributed by atoms with Crippen molar-refractivity contribution in [3.8, 4) is 5.75 Å². The highest BCUT2D eigenvalue weighted by Crippen LogP contribution is 2.32. The number of nitrogens with one attached hydrogen (secondary N) is 1. The third kappa shape index (κ3) is 2.50. The lowest BCUT2D eigenvalue weighted by Crippen LogP contribution is -2.33. The van der Waals surface area contributed by atoms with E-state index in [1.54, 1.807) is 12.0 Å². The molecule has 3 rings (SSSR count). The topological polar surface area (TPSA) is 67.6 Å². The molecule has 1 aliphatic heterocycles. The molecule has 2 aromatic rings. The third-order valence-corrected chi connectivity index (χ3v) is 3.65. The van der Waals surface area contributed by atoms with Gasteiger partial charge in [-0.2, -0.15) is 0 Å². The molecule has 0 atom stereocenters. The summed E-state index contributed by atoms with van der Waals surface area (Å²) in [5.41, 5.74) is 9.36. The van der Waals surface area contributed by atoms with Crippen LogP contribution in [-0.2, 0) is 6.42 Å². The van der Waals surface area contributed by atoms with Gasteiger partial charge in [0.25, 0.3) is 0 Å². The maximum atomic E-state index is 12.4. The van der Waals surface area contributed by atoms with Gasteiger partial charge in [0.05, 0.1) is 12.8 Å². The molecule has 1 heterocycles. The van der Waals surface area contributed by atoms with Crippen LogP contribution in [0.4, 0.5) is 21.9 Å². The predicted octanol–water partition coefficient (Wildman–Crippen LogP) is 2.87. The van der Waals surface area contributed by atoms with Gasteiger partial charge in [0.15, 0.2) is 0 Å². The molecular weight excluding hydrogens is 266 g/mol. The number of nitrogens with zero attached hydrogens (tertiary/aromatic N) is 1. The Morgan fingerprint density at radius 1 is 1.24 bits per heavy atom. The summed E-state index contributed by atoms with van der Waals surface area (Å²) in [7, 11) is 1.61. The summed E-state index contributed by atoms with van der Waals surface area (Å²) in [5.74, 6) is 0.757. The number of amides is 2. The fourth-order valence-corrected chi connectivity index (χ4v) is 2.54. The fourth-order valence-electron chi connectivity index (χ4n) is 2.54. The Balaban J connectivity index is 1.77. The molecule has 0 spiro atoms. The first kappa shape index (κ1) is 13.3. The van der Waals surface area contributed by atoms with E-state index >= 15 is 0 Å². The van der Waals surface area contributed by atoms with E-state index in [-0.39, 0.29) is 6.03 Å². The number of carbonyl (C=O) groups is 1. The minimum absolute atomic E-state index is 0.149. The summed E-state index contributed by atoms with van der Waals surface area (Å²) >= 11 is 0. The number of rotatable bonds is 2. The van der Waals surface area contributed by atoms with Gasteiger partial charge in [-0.25, -0.2) is 4.79 Å². The second-order valence-electron chi connectivity index (χ2n) is 4.91. The number of urea groups is 1. The zero-order chi connectivity index (χ0) is 14.8. The highest BCUT2D eigenvalue weighted by Gasteiger charge is 2.25. The van der Waals surface area contributed by atoms with Crippen LogP contribution in [0, 0.1) is 0 Å². The highest BCUT2D eigenvalue weighted by molar-refractivity contribution is 6.03. The zero-order valence-corrected chi connectivity index (χ0v) is 11.8. The van der Waals surface area contributed by atoms with E-state index < -0.39 is 0 Å². The molecule has 2 amide bonds. The quantitative estimate of drug-likeness (QED) is 0.833. The first-order chi connectivity index (χ1) is 10.2. The minimum Gasteiger partial charge on any atom is -0.497 e. The Morgan fingerprint density at radius 3 is 2.71 bits per heavy atom. The SMILES string of the molecule is COc1ccc(NC(=O)N2CCc3c(N)cccc32)cc1. The number of carbonyl (C=O) groups excluding carboxylic acids is 1. The van der Waals surface area contributed by atoms with Crippen LogP contribution >= 0.6 is 0 Å². The van der Waals surface area contributed by atoms with Gasteiger partial charge in [-0.15, -0.1) is 0 Å². The lowest BCUT2D eigenvalue weighted by Gasteiger charge is -2.18. The highest BCUT2D eigenvalue weighted by atomic mass is 16.5. The van der Waals surface area contributed by atoms with E-state index in [1.807, 2.05) is 42.5 Å². The average molecular weight is 283 g/mol. The van der Waals surface area contributed by atoms with Gasteiger partial charge in [-0.1, -0.05) is 6.07 Å². The van der Waals surface area contributed by atoms with Gasteiger partial charge in [-0.05, 0) is 42.8 Å². The number of methoxy groups -OCH3 is 1. The summed E-state index contributed by atoms with van der Waals surface area (Å²) in [5, 5.41) is 2.89. The fraction of sp³-hybridized carbons (Fsp3) is 0.188. The first-order valence-electron chi connectivity index (χ1n) is 6.79. The maximum Gasteiger partial charge on any atom is 0.326 e. The summed E-state index contributed by atoms with van der Waals surface area (Å²) in [6.07, 6.45) is 0.790. The van der Waals surface area contributed by atoms with Gasteiger partial charge in [0, 0.05) is 23.5 Å². The van der Waals surface area contributed by atoms with Crippen molar-refractivity contribution in [1.29, 1.82) is 0 Å². The van der Waals surface area contributed by atoms with Gasteiger partial charge in [0.1, 0.15) is 5.75 Å². The normalized spacial score (nSPS) is 12.9. The Hall–Kier alpha value is -2.69. The molecule has 5 heteroatoms. The number of ether oxygens (including phenoxy) is 1. The Labute approximate surface area is 123 Å². The van der Waals surface area contributed by atoms with Crippen molar-refractivity contribution in [2.24, 2.45) is 0 Å². The van der Waals surface area contributed by atoms with Gasteiger partial charge in [-0.3, -0.25) is 4.90 Å². The van der Waals surface area contributed by atoms with Crippen LogP contribution in [0.25, 0.3) is 0 Å². The molecule has 0 aromatic heterocycles. The van der Waals surface area contributed by atoms with E-state index in [0.717, 1.165) is 34.8 Å². The summed E-state index contributed by atoms with van der Waals surface area (Å²) in [6.45, 7) is 0.644. The van der Waals surface area contributed by atoms with E-state index in [2.05, 4.69) is 5.32 Å². The lowest BCUT2D eigenvalue weighted by atomic mass is 10.1. The van der Waals surface area contributed by atoms with E-state index in [1.165, 1.54) is 0 Å². The van der Waals surface area contributed by atoms with Crippen LogP contribution < -0.4 is 20.7 Å². The number of benzene rings is 2. The van der Waals surface area contributed by atoms with E-state index in [0.29, 0.717) is 6.54 Å². The molecule has 0 unspecified atom stereocenters. The molecule has 0 saturated carbocycles. The van der Waals surface area contributed by atoms with Crippen LogP contribution in [-0.4, -0.2) is 19.7 Å². The summed E-state index contributed by atoms with van der Waals surface area (Å²) < 4.78 is 5.10. The Kier molecular flexibility index (Phi) is 3.39. The molecule has 5 nitrogen and oxygen atoms in total. The molecular formula is C16H17N3O2. The third-order valence-electron chi connectivity index (χ3n) is 3.65. The molecule has 108 valence electrons. The van der Waals surface area contributed by atoms with Crippen LogP contribution in [0.1, 0.15) is 5.56 Å². The summed E-state index contributed by atoms with van der Waals surface area (Å²) in [4.78, 5) is 14.1. The zero-order valence-electron chi connectivity index (χ0n) is 11.8. The van der Waals surface area contributed by atoms with Gasteiger partial charge in [0.2, 0.25) is 0 Å². The molecule has 0 aliphatic carbocycles. The van der Waals surface area contributed by atoms with Crippen molar-refractivity contribution in [2.45, 2.75) is 6.42 Å². The van der Waals surface area contributed by atoms with Crippen molar-refractivity contribution in [3.63, 3.8) is 0 Å². The second kappa shape index (κ2) is 5.36. The Bertz CT molecular complexity index is 668. The molecule has 0 bridgehead atoms. The predicted molar refractivity (Wildman–Crippen MR) is 83.9 cm³/mol. The molecule has 2 aromatic carbocycles. The van der Waals surface area contributed by atoms with Crippen molar-refractivity contribution in [1.82, 2.24) is 0 Å². The van der Waals surface area contributed by atoms with Crippen LogP contribution in [0.2, 0.25) is 0 Å². The van der Waals surface area contributed by atoms with Gasteiger partial charge >= 0.3 is 6.03 Å². The number of nitrogen functional groups attached to an aromatic ring is 1. The smallest absolute Gasteiger partial charge is 0.326 e. The standard InChI is InChI=1S/C16H17N3O2/c1-21-12-7-5-11(6-8-12)18-16(20)19-10-9-13-14(17)3-2-4-15(13)19/h2-8H,9-10,17H2,1H3,(H,18,20). The van der Waals surface area contributed by atoms with Crippen LogP contribution in [0.5, 0.6) is 5.75 Å². The first-order valence-corrected chi connectivity index (χ1v) is 6.79. The number of hydrogen-bond acceptors (Lipinski definition) is 3. The second-order valence-corrected chi connectivity index (χ2v) is 4.91. The lowest BCUT2D eigenvalue weighted by molar-refractivity contribution is 0.257. The van der Waals surface area contributed by atoms with E-state index in [4.69, 9.17) is 10.5 Å². The molecule has 21 heavy (non-hydrogen) atoms. The molecule has 0 saturated heterocycles. The van der Waals surface area contributed by atoms with Crippen molar-refractivity contribution in [2.75, 3.05) is 29.6 Å². The number of anilines is 3. The Morgan fingerprint density at radius 2 is 2.00 bits per heavy atom. The van der Waals surface area contributed by atoms with Gasteiger partial charge < -0.3 is 15.8 Å². The van der Waals surface area contributed by atoms with Crippen molar-refractivity contribution >= 4 is 23.1 Å². The molecule has 1 aliphatic rings. The summed E-state index contributed by atoms with van der Waals surface area (Å²) in [6, 6.07) is 12.8. The number of hydrogen-bond donors (Lipinski definition) is 2. The molecule has 0 radical (unpaired) electrons. The average Bonchev–Trinajstić information content (AvgIpc) is 2.93. The van der Waals surface area contributed by atoms with Crippen LogP contribution in [0.3, 0.4) is 0 Å². The largest absolute Gasteiger partial charge is 0.497 e. The molecule has 0 fully saturated rings. The molecule has 3 N–H and O–H groups in total. The van der Waals surface area contributed by atoms with Crippen LogP contribution in [0.15, 0.2) is 42.5 Å². The van der Waals surface area contributed by atoms with Crippen molar-refractivity contribution < 1.29 is 9.53 Å². The number of nitrogens with two attached hydrogens (primary N) is 1.